The lowest BCUT2D eigenvalue weighted by Gasteiger charge is -2.33. The Hall–Kier alpha value is -0.870. The normalized spacial score (nSPS) is 24.9. The van der Waals surface area contributed by atoms with Crippen molar-refractivity contribution in [3.63, 3.8) is 0 Å². The van der Waals surface area contributed by atoms with E-state index in [9.17, 15) is 4.79 Å². The third-order valence-electron chi connectivity index (χ3n) is 3.43. The predicted molar refractivity (Wildman–Crippen MR) is 67.5 cm³/mol. The highest BCUT2D eigenvalue weighted by Gasteiger charge is 2.37. The van der Waals surface area contributed by atoms with Gasteiger partial charge in [-0.3, -0.25) is 9.48 Å². The van der Waals surface area contributed by atoms with Crippen molar-refractivity contribution in [3.8, 4) is 0 Å². The summed E-state index contributed by atoms with van der Waals surface area (Å²) in [6.45, 7) is 5.46. The van der Waals surface area contributed by atoms with Crippen LogP contribution in [0.5, 0.6) is 0 Å². The fourth-order valence-corrected chi connectivity index (χ4v) is 2.57. The number of rotatable bonds is 3. The van der Waals surface area contributed by atoms with Crippen molar-refractivity contribution in [1.29, 1.82) is 0 Å². The molecule has 94 valence electrons. The molecule has 1 aromatic rings. The minimum Gasteiger partial charge on any atom is -0.305 e. The maximum Gasteiger partial charge on any atom is 0.202 e. The number of piperidine rings is 1. The summed E-state index contributed by atoms with van der Waals surface area (Å²) in [4.78, 5) is 12.6. The standard InChI is InChI=1S/C12H18ClN3O/c1-3-16-10(9(13)8-15-16)11(17)12(2)6-4-5-7-14-12/h8,14H,3-7H2,1-2H3. The fourth-order valence-electron chi connectivity index (χ4n) is 2.34. The maximum absolute atomic E-state index is 12.6. The molecule has 2 rings (SSSR count). The minimum atomic E-state index is -0.491. The van der Waals surface area contributed by atoms with Crippen LogP contribution in [0.25, 0.3) is 0 Å². The number of hydrogen-bond donors (Lipinski definition) is 1. The van der Waals surface area contributed by atoms with Gasteiger partial charge in [0.15, 0.2) is 0 Å². The molecule has 0 bridgehead atoms. The summed E-state index contributed by atoms with van der Waals surface area (Å²) in [5.41, 5.74) is 0.0422. The van der Waals surface area contributed by atoms with E-state index in [4.69, 9.17) is 11.6 Å². The van der Waals surface area contributed by atoms with Gasteiger partial charge in [-0.25, -0.2) is 0 Å². The monoisotopic (exact) mass is 255 g/mol. The van der Waals surface area contributed by atoms with Crippen LogP contribution in [0.4, 0.5) is 0 Å². The zero-order chi connectivity index (χ0) is 12.5. The number of aryl methyl sites for hydroxylation is 1. The number of carbonyl (C=O) groups is 1. The van der Waals surface area contributed by atoms with Gasteiger partial charge in [0.05, 0.1) is 16.8 Å². The molecule has 4 nitrogen and oxygen atoms in total. The molecule has 0 aromatic carbocycles. The molecule has 0 saturated carbocycles. The second kappa shape index (κ2) is 4.78. The van der Waals surface area contributed by atoms with Crippen LogP contribution in [0.15, 0.2) is 6.20 Å². The van der Waals surface area contributed by atoms with Gasteiger partial charge in [0.2, 0.25) is 5.78 Å². The number of nitrogens with zero attached hydrogens (tertiary/aromatic N) is 2. The Balaban J connectivity index is 2.32. The molecule has 1 unspecified atom stereocenters. The Morgan fingerprint density at radius 3 is 3.00 bits per heavy atom. The number of hydrogen-bond acceptors (Lipinski definition) is 3. The molecular formula is C12H18ClN3O. The Kier molecular flexibility index (Phi) is 3.54. The third kappa shape index (κ3) is 2.24. The van der Waals surface area contributed by atoms with E-state index in [2.05, 4.69) is 10.4 Å². The lowest BCUT2D eigenvalue weighted by atomic mass is 9.85. The molecule has 1 N–H and O–H groups in total. The summed E-state index contributed by atoms with van der Waals surface area (Å²) in [5, 5.41) is 7.88. The number of Topliss-reactive ketones (excluding diaryl/α,β-unsaturated/α-hetero) is 1. The predicted octanol–water partition coefficient (Wildman–Crippen LogP) is 2.27. The molecule has 5 heteroatoms. The Bertz CT molecular complexity index is 421. The van der Waals surface area contributed by atoms with Crippen LogP contribution < -0.4 is 5.32 Å². The molecule has 0 radical (unpaired) electrons. The maximum atomic E-state index is 12.6. The van der Waals surface area contributed by atoms with Crippen LogP contribution in [0.1, 0.15) is 43.6 Å². The van der Waals surface area contributed by atoms with Gasteiger partial charge in [0, 0.05) is 6.54 Å². The molecule has 1 saturated heterocycles. The van der Waals surface area contributed by atoms with E-state index in [1.807, 2.05) is 13.8 Å². The fraction of sp³-hybridized carbons (Fsp3) is 0.667. The number of ketones is 1. The van der Waals surface area contributed by atoms with E-state index in [1.54, 1.807) is 10.9 Å². The minimum absolute atomic E-state index is 0.0570. The van der Waals surface area contributed by atoms with Gasteiger partial charge in [0.25, 0.3) is 0 Å². The number of carbonyl (C=O) groups excluding carboxylic acids is 1. The van der Waals surface area contributed by atoms with Crippen molar-refractivity contribution in [2.24, 2.45) is 0 Å². The smallest absolute Gasteiger partial charge is 0.202 e. The largest absolute Gasteiger partial charge is 0.305 e. The van der Waals surface area contributed by atoms with Gasteiger partial charge in [-0.1, -0.05) is 11.6 Å². The molecule has 1 aliphatic rings. The lowest BCUT2D eigenvalue weighted by molar-refractivity contribution is 0.0823. The molecule has 17 heavy (non-hydrogen) atoms. The van der Waals surface area contributed by atoms with Crippen LogP contribution in [0, 0.1) is 0 Å². The molecule has 1 aliphatic heterocycles. The zero-order valence-corrected chi connectivity index (χ0v) is 11.0. The summed E-state index contributed by atoms with van der Waals surface area (Å²) in [6, 6.07) is 0. The van der Waals surface area contributed by atoms with E-state index in [0.29, 0.717) is 17.3 Å². The highest BCUT2D eigenvalue weighted by Crippen LogP contribution is 2.26. The Labute approximate surface area is 106 Å². The lowest BCUT2D eigenvalue weighted by Crippen LogP contribution is -2.52. The van der Waals surface area contributed by atoms with Gasteiger partial charge < -0.3 is 5.32 Å². The van der Waals surface area contributed by atoms with E-state index < -0.39 is 5.54 Å². The van der Waals surface area contributed by atoms with E-state index in [-0.39, 0.29) is 5.78 Å². The Morgan fingerprint density at radius 2 is 2.41 bits per heavy atom. The zero-order valence-electron chi connectivity index (χ0n) is 10.3. The van der Waals surface area contributed by atoms with Gasteiger partial charge in [0.1, 0.15) is 5.69 Å². The van der Waals surface area contributed by atoms with Crippen LogP contribution in [-0.2, 0) is 6.54 Å². The highest BCUT2D eigenvalue weighted by atomic mass is 35.5. The number of nitrogens with one attached hydrogen (secondary N) is 1. The van der Waals surface area contributed by atoms with Crippen LogP contribution in [0.2, 0.25) is 5.02 Å². The first-order chi connectivity index (χ1) is 8.08. The molecular weight excluding hydrogens is 238 g/mol. The summed E-state index contributed by atoms with van der Waals surface area (Å²) in [6.07, 6.45) is 4.61. The van der Waals surface area contributed by atoms with E-state index >= 15 is 0 Å². The van der Waals surface area contributed by atoms with Gasteiger partial charge in [-0.2, -0.15) is 5.10 Å². The van der Waals surface area contributed by atoms with Crippen molar-refractivity contribution in [3.05, 3.63) is 16.9 Å². The van der Waals surface area contributed by atoms with Gasteiger partial charge >= 0.3 is 0 Å². The van der Waals surface area contributed by atoms with Crippen molar-refractivity contribution in [2.45, 2.75) is 45.2 Å². The summed E-state index contributed by atoms with van der Waals surface area (Å²) in [7, 11) is 0. The first-order valence-corrected chi connectivity index (χ1v) is 6.47. The highest BCUT2D eigenvalue weighted by molar-refractivity contribution is 6.34. The van der Waals surface area contributed by atoms with Crippen molar-refractivity contribution in [1.82, 2.24) is 15.1 Å². The molecule has 0 spiro atoms. The van der Waals surface area contributed by atoms with Crippen molar-refractivity contribution < 1.29 is 4.79 Å². The van der Waals surface area contributed by atoms with Gasteiger partial charge in [-0.05, 0) is 39.7 Å². The number of aromatic nitrogens is 2. The summed E-state index contributed by atoms with van der Waals surface area (Å²) < 4.78 is 1.67. The van der Waals surface area contributed by atoms with Crippen molar-refractivity contribution in [2.75, 3.05) is 6.54 Å². The average molecular weight is 256 g/mol. The van der Waals surface area contributed by atoms with Crippen LogP contribution in [0.3, 0.4) is 0 Å². The number of halogens is 1. The third-order valence-corrected chi connectivity index (χ3v) is 3.71. The SMILES string of the molecule is CCn1ncc(Cl)c1C(=O)C1(C)CCCCN1. The molecule has 1 atom stereocenters. The molecule has 0 aliphatic carbocycles. The first kappa shape index (κ1) is 12.6. The van der Waals surface area contributed by atoms with E-state index in [0.717, 1.165) is 25.8 Å². The first-order valence-electron chi connectivity index (χ1n) is 6.09. The quantitative estimate of drug-likeness (QED) is 0.843. The molecule has 0 amide bonds. The van der Waals surface area contributed by atoms with Crippen LogP contribution in [-0.4, -0.2) is 27.6 Å². The summed E-state index contributed by atoms with van der Waals surface area (Å²) >= 11 is 6.07. The molecule has 2 heterocycles. The summed E-state index contributed by atoms with van der Waals surface area (Å²) in [5.74, 6) is 0.0570. The van der Waals surface area contributed by atoms with E-state index in [1.165, 1.54) is 0 Å². The average Bonchev–Trinajstić information content (AvgIpc) is 2.70. The van der Waals surface area contributed by atoms with Gasteiger partial charge in [-0.15, -0.1) is 0 Å². The topological polar surface area (TPSA) is 46.9 Å². The molecule has 1 aromatic heterocycles. The Morgan fingerprint density at radius 1 is 1.65 bits per heavy atom. The second-order valence-electron chi connectivity index (χ2n) is 4.70. The molecule has 1 fully saturated rings. The van der Waals surface area contributed by atoms with Crippen molar-refractivity contribution >= 4 is 17.4 Å². The van der Waals surface area contributed by atoms with Crippen LogP contribution >= 0.6 is 11.6 Å². The second-order valence-corrected chi connectivity index (χ2v) is 5.11.